The van der Waals surface area contributed by atoms with Gasteiger partial charge in [0.05, 0.1) is 0 Å². The molecule has 1 nitrogen and oxygen atoms in total. The normalized spacial score (nSPS) is 18.7. The quantitative estimate of drug-likeness (QED) is 0.817. The molecule has 2 heteroatoms. The fourth-order valence-electron chi connectivity index (χ4n) is 2.82. The summed E-state index contributed by atoms with van der Waals surface area (Å²) in [6.07, 6.45) is 1.10. The summed E-state index contributed by atoms with van der Waals surface area (Å²) in [7, 11) is 0. The predicted octanol–water partition coefficient (Wildman–Crippen LogP) is 4.26. The highest BCUT2D eigenvalue weighted by molar-refractivity contribution is 6.33. The molecule has 0 saturated heterocycles. The molecule has 0 bridgehead atoms. The Morgan fingerprint density at radius 3 is 2.84 bits per heavy atom. The van der Waals surface area contributed by atoms with E-state index in [4.69, 9.17) is 11.6 Å². The van der Waals surface area contributed by atoms with Crippen molar-refractivity contribution in [3.63, 3.8) is 0 Å². The van der Waals surface area contributed by atoms with E-state index in [0.717, 1.165) is 30.1 Å². The minimum Gasteiger partial charge on any atom is -0.316 e. The second kappa shape index (κ2) is 5.36. The molecule has 2 aromatic rings. The molecule has 0 aromatic heterocycles. The summed E-state index contributed by atoms with van der Waals surface area (Å²) >= 11 is 6.29. The molecule has 98 valence electrons. The van der Waals surface area contributed by atoms with Gasteiger partial charge in [-0.05, 0) is 41.6 Å². The maximum atomic E-state index is 6.29. The maximum Gasteiger partial charge on any atom is 0.0484 e. The Hall–Kier alpha value is -1.31. The first kappa shape index (κ1) is 12.7. The monoisotopic (exact) mass is 271 g/mol. The zero-order chi connectivity index (χ0) is 13.2. The Bertz CT molecular complexity index is 592. The molecule has 2 aromatic carbocycles. The van der Waals surface area contributed by atoms with Crippen LogP contribution in [0.2, 0.25) is 5.02 Å². The van der Waals surface area contributed by atoms with Crippen molar-refractivity contribution in [3.8, 4) is 11.1 Å². The van der Waals surface area contributed by atoms with Gasteiger partial charge >= 0.3 is 0 Å². The van der Waals surface area contributed by atoms with Crippen molar-refractivity contribution in [1.82, 2.24) is 5.32 Å². The van der Waals surface area contributed by atoms with Gasteiger partial charge in [0.2, 0.25) is 0 Å². The Kier molecular flexibility index (Phi) is 3.58. The van der Waals surface area contributed by atoms with E-state index in [1.54, 1.807) is 0 Å². The van der Waals surface area contributed by atoms with E-state index >= 15 is 0 Å². The second-order valence-corrected chi connectivity index (χ2v) is 5.66. The zero-order valence-electron chi connectivity index (χ0n) is 11.1. The Morgan fingerprint density at radius 1 is 1.16 bits per heavy atom. The van der Waals surface area contributed by atoms with Crippen LogP contribution in [0.15, 0.2) is 42.5 Å². The highest BCUT2D eigenvalue weighted by atomic mass is 35.5. The van der Waals surface area contributed by atoms with Crippen LogP contribution in [0.3, 0.4) is 0 Å². The van der Waals surface area contributed by atoms with Gasteiger partial charge in [-0.25, -0.2) is 0 Å². The molecule has 3 rings (SSSR count). The first-order chi connectivity index (χ1) is 9.25. The van der Waals surface area contributed by atoms with Crippen LogP contribution < -0.4 is 5.32 Å². The van der Waals surface area contributed by atoms with Gasteiger partial charge in [0.1, 0.15) is 0 Å². The third kappa shape index (κ3) is 2.54. The maximum absolute atomic E-state index is 6.29. The molecule has 1 atom stereocenters. The van der Waals surface area contributed by atoms with E-state index in [9.17, 15) is 0 Å². The molecular formula is C17H18ClN. The standard InChI is InChI=1S/C17H18ClN/c1-12-11-19-9-8-14-10-13(6-7-15(12)14)16-4-2-3-5-17(16)18/h2-7,10,12,19H,8-9,11H2,1H3/t12-/m0/s1. The largest absolute Gasteiger partial charge is 0.316 e. The molecule has 19 heavy (non-hydrogen) atoms. The summed E-state index contributed by atoms with van der Waals surface area (Å²) in [5, 5.41) is 4.31. The number of benzene rings is 2. The topological polar surface area (TPSA) is 12.0 Å². The summed E-state index contributed by atoms with van der Waals surface area (Å²) < 4.78 is 0. The number of hydrogen-bond acceptors (Lipinski definition) is 1. The lowest BCUT2D eigenvalue weighted by molar-refractivity contribution is 0.644. The van der Waals surface area contributed by atoms with Crippen LogP contribution in [0.1, 0.15) is 24.0 Å². The summed E-state index contributed by atoms with van der Waals surface area (Å²) in [4.78, 5) is 0. The van der Waals surface area contributed by atoms with Crippen LogP contribution >= 0.6 is 11.6 Å². The van der Waals surface area contributed by atoms with Crippen molar-refractivity contribution in [3.05, 3.63) is 58.6 Å². The van der Waals surface area contributed by atoms with Crippen LogP contribution in [0.4, 0.5) is 0 Å². The van der Waals surface area contributed by atoms with E-state index < -0.39 is 0 Å². The van der Waals surface area contributed by atoms with E-state index in [2.05, 4.69) is 36.5 Å². The van der Waals surface area contributed by atoms with Crippen LogP contribution in [0.25, 0.3) is 11.1 Å². The Balaban J connectivity index is 2.06. The summed E-state index contributed by atoms with van der Waals surface area (Å²) in [5.41, 5.74) is 5.27. The first-order valence-electron chi connectivity index (χ1n) is 6.84. The number of hydrogen-bond donors (Lipinski definition) is 1. The second-order valence-electron chi connectivity index (χ2n) is 5.25. The molecule has 1 N–H and O–H groups in total. The third-order valence-electron chi connectivity index (χ3n) is 3.88. The lowest BCUT2D eigenvalue weighted by Crippen LogP contribution is -2.18. The molecule has 0 spiro atoms. The summed E-state index contributed by atoms with van der Waals surface area (Å²) in [6.45, 7) is 4.41. The fourth-order valence-corrected chi connectivity index (χ4v) is 3.06. The van der Waals surface area contributed by atoms with Crippen molar-refractivity contribution in [1.29, 1.82) is 0 Å². The van der Waals surface area contributed by atoms with Crippen molar-refractivity contribution < 1.29 is 0 Å². The van der Waals surface area contributed by atoms with Gasteiger partial charge in [-0.2, -0.15) is 0 Å². The highest BCUT2D eigenvalue weighted by Crippen LogP contribution is 2.31. The molecule has 0 radical (unpaired) electrons. The smallest absolute Gasteiger partial charge is 0.0484 e. The van der Waals surface area contributed by atoms with Gasteiger partial charge in [-0.15, -0.1) is 0 Å². The highest BCUT2D eigenvalue weighted by Gasteiger charge is 2.15. The summed E-state index contributed by atoms with van der Waals surface area (Å²) in [6, 6.07) is 14.8. The molecule has 0 aliphatic carbocycles. The number of fused-ring (bicyclic) bond motifs is 1. The Labute approximate surface area is 119 Å². The van der Waals surface area contributed by atoms with Gasteiger partial charge in [0, 0.05) is 17.1 Å². The van der Waals surface area contributed by atoms with Crippen LogP contribution in [0.5, 0.6) is 0 Å². The van der Waals surface area contributed by atoms with E-state index in [0.29, 0.717) is 5.92 Å². The number of nitrogens with one attached hydrogen (secondary N) is 1. The van der Waals surface area contributed by atoms with Gasteiger partial charge < -0.3 is 5.32 Å². The van der Waals surface area contributed by atoms with Crippen LogP contribution in [-0.2, 0) is 6.42 Å². The molecule has 0 amide bonds. The molecule has 0 saturated carbocycles. The van der Waals surface area contributed by atoms with Gasteiger partial charge in [-0.1, -0.05) is 54.9 Å². The summed E-state index contributed by atoms with van der Waals surface area (Å²) in [5.74, 6) is 0.581. The molecule has 0 unspecified atom stereocenters. The molecule has 1 aliphatic heterocycles. The van der Waals surface area contributed by atoms with E-state index in [1.165, 1.54) is 16.7 Å². The van der Waals surface area contributed by atoms with Gasteiger partial charge in [-0.3, -0.25) is 0 Å². The van der Waals surface area contributed by atoms with E-state index in [1.807, 2.05) is 18.2 Å². The molecule has 0 fully saturated rings. The van der Waals surface area contributed by atoms with Gasteiger partial charge in [0.15, 0.2) is 0 Å². The van der Waals surface area contributed by atoms with E-state index in [-0.39, 0.29) is 0 Å². The van der Waals surface area contributed by atoms with Crippen molar-refractivity contribution in [2.75, 3.05) is 13.1 Å². The van der Waals surface area contributed by atoms with Gasteiger partial charge in [0.25, 0.3) is 0 Å². The molecular weight excluding hydrogens is 254 g/mol. The minimum atomic E-state index is 0.581. The average Bonchev–Trinajstić information content (AvgIpc) is 2.61. The van der Waals surface area contributed by atoms with Crippen LogP contribution in [0, 0.1) is 0 Å². The SMILES string of the molecule is C[C@H]1CNCCc2cc(-c3ccccc3Cl)ccc21. The lowest BCUT2D eigenvalue weighted by Gasteiger charge is -2.14. The minimum absolute atomic E-state index is 0.581. The first-order valence-corrected chi connectivity index (χ1v) is 7.22. The number of rotatable bonds is 1. The fraction of sp³-hybridized carbons (Fsp3) is 0.294. The van der Waals surface area contributed by atoms with Crippen molar-refractivity contribution >= 4 is 11.6 Å². The average molecular weight is 272 g/mol. The lowest BCUT2D eigenvalue weighted by atomic mass is 9.92. The Morgan fingerprint density at radius 2 is 2.00 bits per heavy atom. The predicted molar refractivity (Wildman–Crippen MR) is 81.9 cm³/mol. The van der Waals surface area contributed by atoms with Crippen molar-refractivity contribution in [2.45, 2.75) is 19.3 Å². The van der Waals surface area contributed by atoms with Crippen LogP contribution in [-0.4, -0.2) is 13.1 Å². The third-order valence-corrected chi connectivity index (χ3v) is 4.21. The van der Waals surface area contributed by atoms with Crippen molar-refractivity contribution in [2.24, 2.45) is 0 Å². The number of halogens is 1. The zero-order valence-corrected chi connectivity index (χ0v) is 11.9. The molecule has 1 aliphatic rings. The molecule has 1 heterocycles.